The quantitative estimate of drug-likeness (QED) is 0.479. The van der Waals surface area contributed by atoms with E-state index in [0.29, 0.717) is 18.6 Å². The maximum absolute atomic E-state index is 13.1. The molecule has 180 valence electrons. The third-order valence-electron chi connectivity index (χ3n) is 6.26. The van der Waals surface area contributed by atoms with Crippen molar-refractivity contribution in [2.75, 3.05) is 20.3 Å². The van der Waals surface area contributed by atoms with Crippen LogP contribution in [0.15, 0.2) is 24.3 Å². The molecule has 1 aliphatic heterocycles. The van der Waals surface area contributed by atoms with Gasteiger partial charge >= 0.3 is 12.0 Å². The number of nitrogens with one attached hydrogen (secondary N) is 2. The maximum Gasteiger partial charge on any atom is 0.326 e. The van der Waals surface area contributed by atoms with Crippen molar-refractivity contribution in [3.05, 3.63) is 29.8 Å². The number of imide groups is 1. The van der Waals surface area contributed by atoms with Crippen LogP contribution in [-0.4, -0.2) is 54.5 Å². The molecule has 1 saturated heterocycles. The number of carbonyl (C=O) groups is 4. The fraction of sp³-hybridized carbons (Fsp3) is 0.583. The molecule has 33 heavy (non-hydrogen) atoms. The summed E-state index contributed by atoms with van der Waals surface area (Å²) >= 11 is 0. The Morgan fingerprint density at radius 2 is 1.94 bits per heavy atom. The summed E-state index contributed by atoms with van der Waals surface area (Å²) in [7, 11) is 1.55. The fourth-order valence-electron chi connectivity index (χ4n) is 5.36. The van der Waals surface area contributed by atoms with Crippen LogP contribution in [0.5, 0.6) is 5.75 Å². The molecule has 3 unspecified atom stereocenters. The second kappa shape index (κ2) is 9.41. The Labute approximate surface area is 194 Å². The summed E-state index contributed by atoms with van der Waals surface area (Å²) in [6.45, 7) is 6.95. The number of para-hydroxylation sites is 1. The summed E-state index contributed by atoms with van der Waals surface area (Å²) in [6, 6.07) is 6.31. The first-order valence-corrected chi connectivity index (χ1v) is 11.2. The summed E-state index contributed by atoms with van der Waals surface area (Å²) in [4.78, 5) is 51.1. The van der Waals surface area contributed by atoms with Gasteiger partial charge in [0.25, 0.3) is 11.8 Å². The third kappa shape index (κ3) is 5.46. The Balaban J connectivity index is 1.54. The van der Waals surface area contributed by atoms with Gasteiger partial charge in [-0.05, 0) is 43.6 Å². The number of benzene rings is 1. The van der Waals surface area contributed by atoms with Gasteiger partial charge < -0.3 is 20.1 Å². The van der Waals surface area contributed by atoms with Crippen molar-refractivity contribution in [1.29, 1.82) is 0 Å². The Bertz CT molecular complexity index is 946. The normalized spacial score (nSPS) is 24.9. The van der Waals surface area contributed by atoms with Gasteiger partial charge in [0.1, 0.15) is 17.8 Å². The average molecular weight is 460 g/mol. The lowest BCUT2D eigenvalue weighted by Crippen LogP contribution is -2.54. The number of rotatable bonds is 7. The van der Waals surface area contributed by atoms with Gasteiger partial charge in [-0.3, -0.25) is 19.3 Å². The molecular weight excluding hydrogens is 426 g/mol. The van der Waals surface area contributed by atoms with Crippen molar-refractivity contribution in [2.24, 2.45) is 11.3 Å². The molecule has 4 amide bonds. The van der Waals surface area contributed by atoms with E-state index in [0.717, 1.165) is 16.9 Å². The van der Waals surface area contributed by atoms with Crippen LogP contribution in [0, 0.1) is 11.3 Å². The number of amides is 4. The fourth-order valence-corrected chi connectivity index (χ4v) is 5.36. The highest BCUT2D eigenvalue weighted by molar-refractivity contribution is 6.08. The molecular formula is C24H33N3O6. The first kappa shape index (κ1) is 24.5. The molecule has 2 N–H and O–H groups in total. The Kier molecular flexibility index (Phi) is 7.00. The van der Waals surface area contributed by atoms with E-state index in [4.69, 9.17) is 9.47 Å². The molecule has 3 rings (SSSR count). The van der Waals surface area contributed by atoms with Crippen molar-refractivity contribution in [2.45, 2.75) is 58.5 Å². The van der Waals surface area contributed by atoms with Crippen LogP contribution in [0.2, 0.25) is 0 Å². The molecule has 1 heterocycles. The van der Waals surface area contributed by atoms with Gasteiger partial charge in [-0.15, -0.1) is 0 Å². The lowest BCUT2D eigenvalue weighted by molar-refractivity contribution is -0.151. The highest BCUT2D eigenvalue weighted by Crippen LogP contribution is 2.46. The van der Waals surface area contributed by atoms with E-state index in [1.807, 2.05) is 18.2 Å². The van der Waals surface area contributed by atoms with Crippen molar-refractivity contribution in [3.8, 4) is 5.75 Å². The van der Waals surface area contributed by atoms with Gasteiger partial charge in [-0.2, -0.15) is 0 Å². The first-order valence-electron chi connectivity index (χ1n) is 11.2. The molecule has 3 atom stereocenters. The predicted molar refractivity (Wildman–Crippen MR) is 120 cm³/mol. The SMILES string of the molecule is COc1ccccc1C(C)NC(=O)COC(=O)CN1C(=O)NC2(CC(C)CC(C)(C)C2)C1=O. The maximum atomic E-state index is 13.1. The van der Waals surface area contributed by atoms with E-state index in [1.165, 1.54) is 0 Å². The van der Waals surface area contributed by atoms with Crippen LogP contribution in [0.4, 0.5) is 4.79 Å². The van der Waals surface area contributed by atoms with Crippen LogP contribution < -0.4 is 15.4 Å². The van der Waals surface area contributed by atoms with Gasteiger partial charge in [-0.25, -0.2) is 4.79 Å². The molecule has 2 fully saturated rings. The second-order valence-electron chi connectivity index (χ2n) is 9.95. The predicted octanol–water partition coefficient (Wildman–Crippen LogP) is 2.55. The first-order chi connectivity index (χ1) is 15.5. The summed E-state index contributed by atoms with van der Waals surface area (Å²) in [5.41, 5.74) is -0.304. The van der Waals surface area contributed by atoms with Gasteiger partial charge in [0.2, 0.25) is 0 Å². The van der Waals surface area contributed by atoms with Gasteiger partial charge in [0.15, 0.2) is 6.61 Å². The lowest BCUT2D eigenvalue weighted by Gasteiger charge is -2.43. The standard InChI is InChI=1S/C24H33N3O6/c1-15-10-23(3,4)14-24(11-15)21(30)27(22(31)26-24)12-20(29)33-13-19(28)25-16(2)17-8-6-7-9-18(17)32-5/h6-9,15-16H,10-14H2,1-5H3,(H,25,28)(H,26,31). The van der Waals surface area contributed by atoms with Crippen LogP contribution >= 0.6 is 0 Å². The summed E-state index contributed by atoms with van der Waals surface area (Å²) in [5.74, 6) is -0.829. The van der Waals surface area contributed by atoms with Crippen LogP contribution in [-0.2, 0) is 19.1 Å². The average Bonchev–Trinajstić information content (AvgIpc) is 2.93. The van der Waals surface area contributed by atoms with Gasteiger partial charge in [0.05, 0.1) is 13.2 Å². The molecule has 0 radical (unpaired) electrons. The van der Waals surface area contributed by atoms with Crippen molar-refractivity contribution < 1.29 is 28.7 Å². The molecule has 1 saturated carbocycles. The summed E-state index contributed by atoms with van der Waals surface area (Å²) in [5, 5.41) is 5.56. The highest BCUT2D eigenvalue weighted by atomic mass is 16.5. The molecule has 1 aromatic rings. The van der Waals surface area contributed by atoms with Crippen LogP contribution in [0.1, 0.15) is 58.6 Å². The number of urea groups is 1. The van der Waals surface area contributed by atoms with E-state index in [-0.39, 0.29) is 17.4 Å². The zero-order chi connectivity index (χ0) is 24.4. The number of hydrogen-bond donors (Lipinski definition) is 2. The number of nitrogens with zero attached hydrogens (tertiary/aromatic N) is 1. The van der Waals surface area contributed by atoms with E-state index < -0.39 is 42.5 Å². The monoisotopic (exact) mass is 459 g/mol. The third-order valence-corrected chi connectivity index (χ3v) is 6.26. The van der Waals surface area contributed by atoms with E-state index in [1.54, 1.807) is 20.1 Å². The van der Waals surface area contributed by atoms with E-state index in [2.05, 4.69) is 31.4 Å². The van der Waals surface area contributed by atoms with E-state index >= 15 is 0 Å². The van der Waals surface area contributed by atoms with Crippen LogP contribution in [0.25, 0.3) is 0 Å². The van der Waals surface area contributed by atoms with E-state index in [9.17, 15) is 19.2 Å². The molecule has 2 aliphatic rings. The molecule has 0 aromatic heterocycles. The molecule has 1 aliphatic carbocycles. The highest BCUT2D eigenvalue weighted by Gasteiger charge is 2.56. The number of hydrogen-bond acceptors (Lipinski definition) is 6. The minimum absolute atomic E-state index is 0.104. The van der Waals surface area contributed by atoms with Gasteiger partial charge in [0, 0.05) is 5.56 Å². The molecule has 0 bridgehead atoms. The zero-order valence-electron chi connectivity index (χ0n) is 19.9. The molecule has 1 aromatic carbocycles. The Hall–Kier alpha value is -3.10. The number of carbonyl (C=O) groups excluding carboxylic acids is 4. The Morgan fingerprint density at radius 1 is 1.24 bits per heavy atom. The minimum Gasteiger partial charge on any atom is -0.496 e. The summed E-state index contributed by atoms with van der Waals surface area (Å²) in [6.07, 6.45) is 2.02. The molecule has 9 nitrogen and oxygen atoms in total. The largest absolute Gasteiger partial charge is 0.496 e. The van der Waals surface area contributed by atoms with Crippen LogP contribution in [0.3, 0.4) is 0 Å². The Morgan fingerprint density at radius 3 is 2.61 bits per heavy atom. The topological polar surface area (TPSA) is 114 Å². The number of esters is 1. The second-order valence-corrected chi connectivity index (χ2v) is 9.95. The molecule has 1 spiro atoms. The van der Waals surface area contributed by atoms with Crippen molar-refractivity contribution >= 4 is 23.8 Å². The van der Waals surface area contributed by atoms with Crippen molar-refractivity contribution in [3.63, 3.8) is 0 Å². The lowest BCUT2D eigenvalue weighted by atomic mass is 9.64. The zero-order valence-corrected chi connectivity index (χ0v) is 19.9. The minimum atomic E-state index is -0.986. The smallest absolute Gasteiger partial charge is 0.326 e. The summed E-state index contributed by atoms with van der Waals surface area (Å²) < 4.78 is 10.3. The number of methoxy groups -OCH3 is 1. The number of ether oxygens (including phenoxy) is 2. The van der Waals surface area contributed by atoms with Crippen molar-refractivity contribution in [1.82, 2.24) is 15.5 Å². The van der Waals surface area contributed by atoms with Gasteiger partial charge in [-0.1, -0.05) is 39.0 Å². The molecule has 9 heteroatoms.